The van der Waals surface area contributed by atoms with Gasteiger partial charge in [0, 0.05) is 6.54 Å². The van der Waals surface area contributed by atoms with E-state index in [9.17, 15) is 0 Å². The van der Waals surface area contributed by atoms with E-state index in [4.69, 9.17) is 10.2 Å². The van der Waals surface area contributed by atoms with Crippen LogP contribution in [0, 0.1) is 0 Å². The predicted octanol–water partition coefficient (Wildman–Crippen LogP) is 2.21. The molecular formula is C11H9BrN4O. The standard InChI is InChI=1S/C11H9BrN4O/c12-9-5-4-8(17-9)11-14-10-3-1-2-7(6-13)16(10)15-11/h1-5H,6,13H2. The van der Waals surface area contributed by atoms with Gasteiger partial charge in [0.15, 0.2) is 16.1 Å². The Morgan fingerprint density at radius 1 is 1.29 bits per heavy atom. The Morgan fingerprint density at radius 2 is 2.18 bits per heavy atom. The highest BCUT2D eigenvalue weighted by molar-refractivity contribution is 9.10. The van der Waals surface area contributed by atoms with Crippen molar-refractivity contribution in [2.45, 2.75) is 6.54 Å². The molecule has 0 radical (unpaired) electrons. The van der Waals surface area contributed by atoms with Crippen LogP contribution in [0.15, 0.2) is 39.4 Å². The number of nitrogens with two attached hydrogens (primary N) is 1. The highest BCUT2D eigenvalue weighted by Crippen LogP contribution is 2.22. The van der Waals surface area contributed by atoms with E-state index >= 15 is 0 Å². The van der Waals surface area contributed by atoms with E-state index in [0.29, 0.717) is 22.8 Å². The van der Waals surface area contributed by atoms with Gasteiger partial charge in [-0.2, -0.15) is 0 Å². The average molecular weight is 293 g/mol. The van der Waals surface area contributed by atoms with E-state index in [0.717, 1.165) is 11.3 Å². The number of hydrogen-bond acceptors (Lipinski definition) is 4. The molecule has 0 aromatic carbocycles. The van der Waals surface area contributed by atoms with Gasteiger partial charge in [-0.3, -0.25) is 0 Å². The summed E-state index contributed by atoms with van der Waals surface area (Å²) >= 11 is 3.25. The van der Waals surface area contributed by atoms with Gasteiger partial charge in [0.1, 0.15) is 0 Å². The number of pyridine rings is 1. The van der Waals surface area contributed by atoms with Gasteiger partial charge >= 0.3 is 0 Å². The number of fused-ring (bicyclic) bond motifs is 1. The average Bonchev–Trinajstić information content (AvgIpc) is 2.93. The first-order valence-electron chi connectivity index (χ1n) is 5.08. The Bertz CT molecular complexity index is 673. The van der Waals surface area contributed by atoms with Crippen LogP contribution >= 0.6 is 15.9 Å². The van der Waals surface area contributed by atoms with Crippen molar-refractivity contribution in [3.8, 4) is 11.6 Å². The molecule has 0 atom stereocenters. The van der Waals surface area contributed by atoms with E-state index in [-0.39, 0.29) is 0 Å². The van der Waals surface area contributed by atoms with E-state index in [1.807, 2.05) is 30.3 Å². The first-order chi connectivity index (χ1) is 8.28. The summed E-state index contributed by atoms with van der Waals surface area (Å²) in [6, 6.07) is 9.34. The fraction of sp³-hybridized carbons (Fsp3) is 0.0909. The van der Waals surface area contributed by atoms with Crippen LogP contribution < -0.4 is 5.73 Å². The van der Waals surface area contributed by atoms with Gasteiger partial charge in [-0.25, -0.2) is 9.50 Å². The second-order valence-electron chi connectivity index (χ2n) is 3.53. The highest BCUT2D eigenvalue weighted by atomic mass is 79.9. The minimum atomic E-state index is 0.419. The van der Waals surface area contributed by atoms with E-state index in [1.54, 1.807) is 4.52 Å². The number of hydrogen-bond donors (Lipinski definition) is 1. The second-order valence-corrected chi connectivity index (χ2v) is 4.31. The van der Waals surface area contributed by atoms with Gasteiger partial charge in [-0.15, -0.1) is 5.10 Å². The Hall–Kier alpha value is -1.66. The number of halogens is 1. The smallest absolute Gasteiger partial charge is 0.217 e. The van der Waals surface area contributed by atoms with Crippen molar-refractivity contribution in [3.63, 3.8) is 0 Å². The zero-order valence-electron chi connectivity index (χ0n) is 8.80. The van der Waals surface area contributed by atoms with Gasteiger partial charge < -0.3 is 10.2 Å². The summed E-state index contributed by atoms with van der Waals surface area (Å²) in [5, 5.41) is 4.38. The normalized spacial score (nSPS) is 11.2. The predicted molar refractivity (Wildman–Crippen MR) is 66.3 cm³/mol. The third-order valence-electron chi connectivity index (χ3n) is 2.44. The van der Waals surface area contributed by atoms with Gasteiger partial charge in [-0.05, 0) is 40.2 Å². The summed E-state index contributed by atoms with van der Waals surface area (Å²) in [5.41, 5.74) is 7.32. The molecule has 6 heteroatoms. The lowest BCUT2D eigenvalue weighted by molar-refractivity contribution is 0.551. The lowest BCUT2D eigenvalue weighted by Gasteiger charge is -1.98. The third-order valence-corrected chi connectivity index (χ3v) is 2.87. The minimum Gasteiger partial charge on any atom is -0.446 e. The SMILES string of the molecule is NCc1cccc2nc(-c3ccc(Br)o3)nn12. The van der Waals surface area contributed by atoms with Crippen molar-refractivity contribution in [2.75, 3.05) is 0 Å². The molecule has 2 N–H and O–H groups in total. The molecule has 86 valence electrons. The fourth-order valence-corrected chi connectivity index (χ4v) is 1.96. The molecule has 3 aromatic rings. The van der Waals surface area contributed by atoms with Gasteiger partial charge in [-0.1, -0.05) is 6.07 Å². The summed E-state index contributed by atoms with van der Waals surface area (Å²) in [7, 11) is 0. The molecule has 5 nitrogen and oxygen atoms in total. The largest absolute Gasteiger partial charge is 0.446 e. The first kappa shape index (κ1) is 10.5. The summed E-state index contributed by atoms with van der Waals surface area (Å²) in [4.78, 5) is 4.39. The zero-order valence-corrected chi connectivity index (χ0v) is 10.4. The van der Waals surface area contributed by atoms with E-state index < -0.39 is 0 Å². The van der Waals surface area contributed by atoms with Crippen LogP contribution in [0.1, 0.15) is 5.69 Å². The number of rotatable bonds is 2. The Labute approximate surface area is 105 Å². The molecule has 0 fully saturated rings. The van der Waals surface area contributed by atoms with Crippen LogP contribution in [-0.2, 0) is 6.54 Å². The molecule has 0 saturated carbocycles. The first-order valence-corrected chi connectivity index (χ1v) is 5.87. The zero-order chi connectivity index (χ0) is 11.8. The quantitative estimate of drug-likeness (QED) is 0.786. The maximum Gasteiger partial charge on any atom is 0.217 e. The van der Waals surface area contributed by atoms with E-state index in [1.165, 1.54) is 0 Å². The minimum absolute atomic E-state index is 0.419. The molecule has 0 aliphatic heterocycles. The van der Waals surface area contributed by atoms with Crippen LogP contribution in [-0.4, -0.2) is 14.6 Å². The maximum absolute atomic E-state index is 5.65. The number of aromatic nitrogens is 3. The van der Waals surface area contributed by atoms with Crippen LogP contribution in [0.3, 0.4) is 0 Å². The maximum atomic E-state index is 5.65. The molecule has 0 unspecified atom stereocenters. The van der Waals surface area contributed by atoms with Crippen molar-refractivity contribution in [3.05, 3.63) is 40.7 Å². The van der Waals surface area contributed by atoms with Gasteiger partial charge in [0.25, 0.3) is 0 Å². The third kappa shape index (κ3) is 1.75. The molecule has 17 heavy (non-hydrogen) atoms. The molecule has 0 aliphatic rings. The number of nitrogens with zero attached hydrogens (tertiary/aromatic N) is 3. The van der Waals surface area contributed by atoms with Gasteiger partial charge in [0.2, 0.25) is 5.82 Å². The monoisotopic (exact) mass is 292 g/mol. The molecule has 0 aliphatic carbocycles. The second kappa shape index (κ2) is 3.97. The molecular weight excluding hydrogens is 284 g/mol. The van der Waals surface area contributed by atoms with Crippen molar-refractivity contribution in [2.24, 2.45) is 5.73 Å². The topological polar surface area (TPSA) is 69.3 Å². The van der Waals surface area contributed by atoms with Crippen molar-refractivity contribution in [1.82, 2.24) is 14.6 Å². The van der Waals surface area contributed by atoms with Crippen LogP contribution in [0.2, 0.25) is 0 Å². The molecule has 3 rings (SSSR count). The van der Waals surface area contributed by atoms with Crippen LogP contribution in [0.25, 0.3) is 17.2 Å². The molecule has 3 aromatic heterocycles. The lowest BCUT2D eigenvalue weighted by atomic mass is 10.3. The van der Waals surface area contributed by atoms with Crippen molar-refractivity contribution >= 4 is 21.6 Å². The van der Waals surface area contributed by atoms with E-state index in [2.05, 4.69) is 26.0 Å². The summed E-state index contributed by atoms with van der Waals surface area (Å²) < 4.78 is 7.81. The van der Waals surface area contributed by atoms with Crippen LogP contribution in [0.4, 0.5) is 0 Å². The van der Waals surface area contributed by atoms with Crippen LogP contribution in [0.5, 0.6) is 0 Å². The molecule has 3 heterocycles. The Morgan fingerprint density at radius 3 is 2.88 bits per heavy atom. The van der Waals surface area contributed by atoms with Gasteiger partial charge in [0.05, 0.1) is 5.69 Å². The fourth-order valence-electron chi connectivity index (χ4n) is 1.65. The Kier molecular flexibility index (Phi) is 2.45. The van der Waals surface area contributed by atoms with Crippen molar-refractivity contribution < 1.29 is 4.42 Å². The molecule has 0 saturated heterocycles. The molecule has 0 spiro atoms. The summed E-state index contributed by atoms with van der Waals surface area (Å²) in [6.45, 7) is 0.419. The molecule has 0 amide bonds. The summed E-state index contributed by atoms with van der Waals surface area (Å²) in [6.07, 6.45) is 0. The summed E-state index contributed by atoms with van der Waals surface area (Å²) in [5.74, 6) is 1.18. The highest BCUT2D eigenvalue weighted by Gasteiger charge is 2.11. The number of furan rings is 1. The molecule has 0 bridgehead atoms. The lowest BCUT2D eigenvalue weighted by Crippen LogP contribution is -2.04. The Balaban J connectivity index is 2.19. The van der Waals surface area contributed by atoms with Crippen molar-refractivity contribution in [1.29, 1.82) is 0 Å².